The number of oxazole rings is 1. The van der Waals surface area contributed by atoms with Crippen molar-refractivity contribution in [1.29, 1.82) is 0 Å². The predicted molar refractivity (Wildman–Crippen MR) is 68.4 cm³/mol. The summed E-state index contributed by atoms with van der Waals surface area (Å²) in [6, 6.07) is 5.67. The maximum Gasteiger partial charge on any atom is 0.192 e. The maximum atomic E-state index is 8.92. The van der Waals surface area contributed by atoms with Gasteiger partial charge in [-0.05, 0) is 30.7 Å². The molecule has 0 aliphatic rings. The van der Waals surface area contributed by atoms with Crippen LogP contribution >= 0.6 is 0 Å². The number of fused-ring (bicyclic) bond motifs is 1. The zero-order chi connectivity index (χ0) is 13.0. The molecule has 2 aromatic rings. The van der Waals surface area contributed by atoms with E-state index in [1.807, 2.05) is 25.1 Å². The molecule has 0 fully saturated rings. The first-order valence-electron chi connectivity index (χ1n) is 6.04. The van der Waals surface area contributed by atoms with Crippen LogP contribution in [0.25, 0.3) is 11.1 Å². The summed E-state index contributed by atoms with van der Waals surface area (Å²) in [5.74, 6) is 0.668. The highest BCUT2D eigenvalue weighted by molar-refractivity contribution is 5.73. The van der Waals surface area contributed by atoms with Crippen LogP contribution in [-0.4, -0.2) is 41.0 Å². The van der Waals surface area contributed by atoms with Gasteiger partial charge >= 0.3 is 0 Å². The van der Waals surface area contributed by atoms with Gasteiger partial charge in [0.15, 0.2) is 11.5 Å². The van der Waals surface area contributed by atoms with Crippen LogP contribution < -0.4 is 5.32 Å². The van der Waals surface area contributed by atoms with Crippen molar-refractivity contribution in [2.45, 2.75) is 19.4 Å². The van der Waals surface area contributed by atoms with Crippen LogP contribution in [-0.2, 0) is 6.42 Å². The number of aliphatic hydroxyl groups excluding tert-OH is 2. The van der Waals surface area contributed by atoms with Crippen molar-refractivity contribution in [2.75, 3.05) is 19.8 Å². The third-order valence-electron chi connectivity index (χ3n) is 2.85. The van der Waals surface area contributed by atoms with Crippen molar-refractivity contribution >= 4 is 11.1 Å². The van der Waals surface area contributed by atoms with Crippen molar-refractivity contribution in [3.63, 3.8) is 0 Å². The average molecular weight is 250 g/mol. The highest BCUT2D eigenvalue weighted by atomic mass is 16.3. The first-order chi connectivity index (χ1) is 8.72. The molecule has 0 saturated carbocycles. The maximum absolute atomic E-state index is 8.92. The van der Waals surface area contributed by atoms with Crippen molar-refractivity contribution < 1.29 is 14.6 Å². The first-order valence-corrected chi connectivity index (χ1v) is 6.04. The molecule has 5 heteroatoms. The molecule has 98 valence electrons. The van der Waals surface area contributed by atoms with Gasteiger partial charge in [0.25, 0.3) is 0 Å². The lowest BCUT2D eigenvalue weighted by atomic mass is 10.1. The Balaban J connectivity index is 1.95. The molecular formula is C13H18N2O3. The zero-order valence-electron chi connectivity index (χ0n) is 10.4. The number of benzene rings is 1. The number of nitrogens with zero attached hydrogens (tertiary/aromatic N) is 1. The lowest BCUT2D eigenvalue weighted by molar-refractivity contribution is 0.171. The summed E-state index contributed by atoms with van der Waals surface area (Å²) in [6.45, 7) is 2.42. The van der Waals surface area contributed by atoms with Gasteiger partial charge < -0.3 is 19.9 Å². The Bertz CT molecular complexity index is 506. The fourth-order valence-corrected chi connectivity index (χ4v) is 1.85. The van der Waals surface area contributed by atoms with Gasteiger partial charge in [0.1, 0.15) is 5.52 Å². The van der Waals surface area contributed by atoms with Crippen molar-refractivity contribution in [3.05, 3.63) is 29.7 Å². The Morgan fingerprint density at radius 3 is 2.83 bits per heavy atom. The summed E-state index contributed by atoms with van der Waals surface area (Å²) >= 11 is 0. The van der Waals surface area contributed by atoms with Crippen LogP contribution in [0.2, 0.25) is 0 Å². The van der Waals surface area contributed by atoms with Gasteiger partial charge in [-0.3, -0.25) is 0 Å². The minimum Gasteiger partial charge on any atom is -0.441 e. The van der Waals surface area contributed by atoms with Crippen LogP contribution in [0, 0.1) is 6.92 Å². The van der Waals surface area contributed by atoms with Gasteiger partial charge in [-0.15, -0.1) is 0 Å². The van der Waals surface area contributed by atoms with Crippen LogP contribution in [0.5, 0.6) is 0 Å². The molecule has 2 rings (SSSR count). The fourth-order valence-electron chi connectivity index (χ4n) is 1.85. The average Bonchev–Trinajstić information content (AvgIpc) is 2.74. The van der Waals surface area contributed by atoms with E-state index < -0.39 is 0 Å². The summed E-state index contributed by atoms with van der Waals surface area (Å²) in [6.07, 6.45) is 0.818. The molecule has 3 N–H and O–H groups in total. The Hall–Kier alpha value is -1.43. The third-order valence-corrected chi connectivity index (χ3v) is 2.85. The molecule has 0 saturated heterocycles. The smallest absolute Gasteiger partial charge is 0.192 e. The number of aromatic nitrogens is 1. The Kier molecular flexibility index (Phi) is 4.30. The predicted octanol–water partition coefficient (Wildman–Crippen LogP) is 0.622. The van der Waals surface area contributed by atoms with Gasteiger partial charge in [-0.2, -0.15) is 0 Å². The highest BCUT2D eigenvalue weighted by Gasteiger charge is 2.05. The molecule has 1 aromatic carbocycles. The standard InChI is InChI=1S/C13H18N2O3/c1-9-15-12-6-10(2-3-13(12)18-9)4-5-14-11(7-16)8-17/h2-3,6,11,14,16-17H,4-5,7-8H2,1H3. The highest BCUT2D eigenvalue weighted by Crippen LogP contribution is 2.16. The quantitative estimate of drug-likeness (QED) is 0.700. The lowest BCUT2D eigenvalue weighted by Gasteiger charge is -2.12. The monoisotopic (exact) mass is 250 g/mol. The van der Waals surface area contributed by atoms with E-state index in [4.69, 9.17) is 14.6 Å². The van der Waals surface area contributed by atoms with E-state index in [9.17, 15) is 0 Å². The van der Waals surface area contributed by atoms with E-state index in [0.717, 1.165) is 23.1 Å². The molecule has 0 amide bonds. The summed E-state index contributed by atoms with van der Waals surface area (Å²) in [5, 5.41) is 20.9. The van der Waals surface area contributed by atoms with Crippen LogP contribution in [0.4, 0.5) is 0 Å². The van der Waals surface area contributed by atoms with E-state index in [1.165, 1.54) is 0 Å². The van der Waals surface area contributed by atoms with E-state index in [-0.39, 0.29) is 19.3 Å². The SMILES string of the molecule is Cc1nc2cc(CCNC(CO)CO)ccc2o1. The molecule has 1 aromatic heterocycles. The Labute approximate surface area is 105 Å². The number of hydrogen-bond donors (Lipinski definition) is 3. The number of aryl methyl sites for hydroxylation is 1. The van der Waals surface area contributed by atoms with Crippen LogP contribution in [0.1, 0.15) is 11.5 Å². The van der Waals surface area contributed by atoms with E-state index >= 15 is 0 Å². The van der Waals surface area contributed by atoms with Crippen LogP contribution in [0.3, 0.4) is 0 Å². The molecule has 1 heterocycles. The molecule has 0 spiro atoms. The lowest BCUT2D eigenvalue weighted by Crippen LogP contribution is -2.36. The summed E-state index contributed by atoms with van der Waals surface area (Å²) in [4.78, 5) is 4.28. The topological polar surface area (TPSA) is 78.5 Å². The number of hydrogen-bond acceptors (Lipinski definition) is 5. The van der Waals surface area contributed by atoms with Gasteiger partial charge in [0, 0.05) is 6.92 Å². The second-order valence-electron chi connectivity index (χ2n) is 4.30. The second kappa shape index (κ2) is 5.95. The minimum atomic E-state index is -0.247. The zero-order valence-corrected chi connectivity index (χ0v) is 10.4. The molecule has 0 aliphatic heterocycles. The summed E-state index contributed by atoms with van der Waals surface area (Å²) in [7, 11) is 0. The number of rotatable bonds is 6. The second-order valence-corrected chi connectivity index (χ2v) is 4.30. The first kappa shape index (κ1) is 13.0. The van der Waals surface area contributed by atoms with E-state index in [1.54, 1.807) is 0 Å². The molecular weight excluding hydrogens is 232 g/mol. The molecule has 18 heavy (non-hydrogen) atoms. The van der Waals surface area contributed by atoms with E-state index in [0.29, 0.717) is 12.4 Å². The molecule has 0 atom stereocenters. The van der Waals surface area contributed by atoms with Gasteiger partial charge in [-0.1, -0.05) is 6.07 Å². The van der Waals surface area contributed by atoms with Crippen molar-refractivity contribution in [3.8, 4) is 0 Å². The largest absolute Gasteiger partial charge is 0.441 e. The van der Waals surface area contributed by atoms with Crippen molar-refractivity contribution in [2.24, 2.45) is 0 Å². The fraction of sp³-hybridized carbons (Fsp3) is 0.462. The van der Waals surface area contributed by atoms with Gasteiger partial charge in [0.2, 0.25) is 0 Å². The third kappa shape index (κ3) is 3.07. The van der Waals surface area contributed by atoms with Crippen LogP contribution in [0.15, 0.2) is 22.6 Å². The minimum absolute atomic E-state index is 0.0575. The number of aliphatic hydroxyl groups is 2. The molecule has 0 aliphatic carbocycles. The Morgan fingerprint density at radius 1 is 1.33 bits per heavy atom. The number of nitrogens with one attached hydrogen (secondary N) is 1. The normalized spacial score (nSPS) is 11.6. The van der Waals surface area contributed by atoms with Gasteiger partial charge in [0.05, 0.1) is 19.3 Å². The molecule has 5 nitrogen and oxygen atoms in total. The summed E-state index contributed by atoms with van der Waals surface area (Å²) < 4.78 is 5.41. The van der Waals surface area contributed by atoms with Gasteiger partial charge in [-0.25, -0.2) is 4.98 Å². The molecule has 0 radical (unpaired) electrons. The van der Waals surface area contributed by atoms with E-state index in [2.05, 4.69) is 10.3 Å². The van der Waals surface area contributed by atoms with Crippen molar-refractivity contribution in [1.82, 2.24) is 10.3 Å². The Morgan fingerprint density at radius 2 is 2.11 bits per heavy atom. The molecule has 0 bridgehead atoms. The summed E-state index contributed by atoms with van der Waals surface area (Å²) in [5.41, 5.74) is 2.82. The molecule has 0 unspecified atom stereocenters.